The zero-order valence-corrected chi connectivity index (χ0v) is 14.2. The fourth-order valence-corrected chi connectivity index (χ4v) is 3.50. The first kappa shape index (κ1) is 15.4. The Kier molecular flexibility index (Phi) is 4.00. The SMILES string of the molecule is COC(=O)c1cccc(Nc2nc(C)nc3sc(C)c(C)c23)c1. The third-order valence-corrected chi connectivity index (χ3v) is 4.79. The highest BCUT2D eigenvalue weighted by molar-refractivity contribution is 7.18. The lowest BCUT2D eigenvalue weighted by molar-refractivity contribution is 0.0601. The summed E-state index contributed by atoms with van der Waals surface area (Å²) in [7, 11) is 1.37. The van der Waals surface area contributed by atoms with E-state index in [9.17, 15) is 4.79 Å². The van der Waals surface area contributed by atoms with Crippen LogP contribution in [0.2, 0.25) is 0 Å². The van der Waals surface area contributed by atoms with Gasteiger partial charge >= 0.3 is 5.97 Å². The second-order valence-corrected chi connectivity index (χ2v) is 6.48. The lowest BCUT2D eigenvalue weighted by atomic mass is 10.2. The zero-order chi connectivity index (χ0) is 16.6. The average Bonchev–Trinajstić information content (AvgIpc) is 2.81. The number of thiophene rings is 1. The maximum absolute atomic E-state index is 11.7. The summed E-state index contributed by atoms with van der Waals surface area (Å²) < 4.78 is 4.76. The van der Waals surface area contributed by atoms with Crippen LogP contribution < -0.4 is 5.32 Å². The Labute approximate surface area is 138 Å². The Morgan fingerprint density at radius 3 is 2.74 bits per heavy atom. The molecule has 0 unspecified atom stereocenters. The summed E-state index contributed by atoms with van der Waals surface area (Å²) in [5.74, 6) is 1.11. The monoisotopic (exact) mass is 327 g/mol. The summed E-state index contributed by atoms with van der Waals surface area (Å²) >= 11 is 1.66. The Morgan fingerprint density at radius 1 is 1.22 bits per heavy atom. The van der Waals surface area contributed by atoms with Crippen LogP contribution in [0.3, 0.4) is 0 Å². The van der Waals surface area contributed by atoms with Gasteiger partial charge in [-0.15, -0.1) is 11.3 Å². The number of ether oxygens (including phenoxy) is 1. The van der Waals surface area contributed by atoms with Gasteiger partial charge in [0.15, 0.2) is 0 Å². The van der Waals surface area contributed by atoms with E-state index >= 15 is 0 Å². The van der Waals surface area contributed by atoms with Crippen molar-refractivity contribution >= 4 is 39.0 Å². The van der Waals surface area contributed by atoms with Crippen molar-refractivity contribution in [1.29, 1.82) is 0 Å². The number of hydrogen-bond donors (Lipinski definition) is 1. The van der Waals surface area contributed by atoms with Gasteiger partial charge in [0.25, 0.3) is 0 Å². The molecule has 0 amide bonds. The van der Waals surface area contributed by atoms with Crippen LogP contribution in [-0.2, 0) is 4.74 Å². The van der Waals surface area contributed by atoms with E-state index in [1.807, 2.05) is 19.1 Å². The van der Waals surface area contributed by atoms with Gasteiger partial charge in [-0.2, -0.15) is 0 Å². The number of nitrogens with one attached hydrogen (secondary N) is 1. The summed E-state index contributed by atoms with van der Waals surface area (Å²) in [5, 5.41) is 4.34. The summed E-state index contributed by atoms with van der Waals surface area (Å²) in [6.07, 6.45) is 0. The van der Waals surface area contributed by atoms with Gasteiger partial charge in [0.05, 0.1) is 18.1 Å². The number of esters is 1. The number of aryl methyl sites for hydroxylation is 3. The van der Waals surface area contributed by atoms with Gasteiger partial charge in [-0.25, -0.2) is 14.8 Å². The van der Waals surface area contributed by atoms with Crippen molar-refractivity contribution in [3.8, 4) is 0 Å². The van der Waals surface area contributed by atoms with Gasteiger partial charge in [0.1, 0.15) is 16.5 Å². The zero-order valence-electron chi connectivity index (χ0n) is 13.4. The number of carbonyl (C=O) groups excluding carboxylic acids is 1. The van der Waals surface area contributed by atoms with Crippen molar-refractivity contribution in [1.82, 2.24) is 9.97 Å². The van der Waals surface area contributed by atoms with Gasteiger partial charge in [-0.3, -0.25) is 0 Å². The number of rotatable bonds is 3. The fourth-order valence-electron chi connectivity index (χ4n) is 2.43. The normalized spacial score (nSPS) is 10.8. The molecule has 0 fully saturated rings. The number of nitrogens with zero attached hydrogens (tertiary/aromatic N) is 2. The molecule has 0 bridgehead atoms. The molecular formula is C17H17N3O2S. The van der Waals surface area contributed by atoms with Crippen LogP contribution >= 0.6 is 11.3 Å². The van der Waals surface area contributed by atoms with Crippen LogP contribution in [-0.4, -0.2) is 23.0 Å². The minimum atomic E-state index is -0.361. The Morgan fingerprint density at radius 2 is 2.00 bits per heavy atom. The second-order valence-electron chi connectivity index (χ2n) is 5.28. The molecule has 0 aliphatic carbocycles. The molecule has 0 aliphatic rings. The molecule has 0 saturated carbocycles. The molecular weight excluding hydrogens is 310 g/mol. The van der Waals surface area contributed by atoms with Crippen LogP contribution in [0.4, 0.5) is 11.5 Å². The van der Waals surface area contributed by atoms with Crippen LogP contribution in [0, 0.1) is 20.8 Å². The minimum absolute atomic E-state index is 0.361. The van der Waals surface area contributed by atoms with Gasteiger partial charge in [0, 0.05) is 10.6 Å². The van der Waals surface area contributed by atoms with Crippen LogP contribution in [0.25, 0.3) is 10.2 Å². The molecule has 1 N–H and O–H groups in total. The molecule has 3 aromatic rings. The summed E-state index contributed by atoms with van der Waals surface area (Å²) in [4.78, 5) is 22.9. The third kappa shape index (κ3) is 2.90. The van der Waals surface area contributed by atoms with Crippen molar-refractivity contribution in [2.45, 2.75) is 20.8 Å². The summed E-state index contributed by atoms with van der Waals surface area (Å²) in [6, 6.07) is 7.18. The highest BCUT2D eigenvalue weighted by Crippen LogP contribution is 2.34. The van der Waals surface area contributed by atoms with Gasteiger partial charge < -0.3 is 10.1 Å². The molecule has 0 spiro atoms. The highest BCUT2D eigenvalue weighted by Gasteiger charge is 2.14. The topological polar surface area (TPSA) is 64.1 Å². The fraction of sp³-hybridized carbons (Fsp3) is 0.235. The quantitative estimate of drug-likeness (QED) is 0.732. The Hall–Kier alpha value is -2.47. The first-order chi connectivity index (χ1) is 11.0. The van der Waals surface area contributed by atoms with Crippen molar-refractivity contribution < 1.29 is 9.53 Å². The molecule has 0 radical (unpaired) electrons. The molecule has 2 heterocycles. The van der Waals surface area contributed by atoms with E-state index in [4.69, 9.17) is 4.74 Å². The number of aromatic nitrogens is 2. The van der Waals surface area contributed by atoms with Crippen molar-refractivity contribution in [3.63, 3.8) is 0 Å². The van der Waals surface area contributed by atoms with E-state index in [0.717, 1.165) is 21.7 Å². The number of hydrogen-bond acceptors (Lipinski definition) is 6. The van der Waals surface area contributed by atoms with Crippen LogP contribution in [0.1, 0.15) is 26.6 Å². The van der Waals surface area contributed by atoms with Gasteiger partial charge in [-0.1, -0.05) is 6.07 Å². The number of carbonyl (C=O) groups is 1. The molecule has 3 rings (SSSR count). The summed E-state index contributed by atoms with van der Waals surface area (Å²) in [6.45, 7) is 6.03. The predicted octanol–water partition coefficient (Wildman–Crippen LogP) is 4.15. The first-order valence-electron chi connectivity index (χ1n) is 7.19. The first-order valence-corrected chi connectivity index (χ1v) is 8.01. The smallest absolute Gasteiger partial charge is 0.337 e. The molecule has 23 heavy (non-hydrogen) atoms. The molecule has 0 aliphatic heterocycles. The predicted molar refractivity (Wildman–Crippen MR) is 92.7 cm³/mol. The van der Waals surface area contributed by atoms with Crippen LogP contribution in [0.15, 0.2) is 24.3 Å². The summed E-state index contributed by atoms with van der Waals surface area (Å²) in [5.41, 5.74) is 2.46. The van der Waals surface area contributed by atoms with E-state index in [0.29, 0.717) is 11.4 Å². The highest BCUT2D eigenvalue weighted by atomic mass is 32.1. The van der Waals surface area contributed by atoms with Gasteiger partial charge in [-0.05, 0) is 44.5 Å². The number of benzene rings is 1. The number of fused-ring (bicyclic) bond motifs is 1. The lowest BCUT2D eigenvalue weighted by Gasteiger charge is -2.09. The van der Waals surface area contributed by atoms with Crippen molar-refractivity contribution in [3.05, 3.63) is 46.1 Å². The molecule has 5 nitrogen and oxygen atoms in total. The molecule has 118 valence electrons. The van der Waals surface area contributed by atoms with Gasteiger partial charge in [0.2, 0.25) is 0 Å². The largest absolute Gasteiger partial charge is 0.465 e. The van der Waals surface area contributed by atoms with Crippen LogP contribution in [0.5, 0.6) is 0 Å². The van der Waals surface area contributed by atoms with E-state index in [1.165, 1.54) is 17.6 Å². The van der Waals surface area contributed by atoms with E-state index in [2.05, 4.69) is 29.1 Å². The Balaban J connectivity index is 2.06. The number of methoxy groups -OCH3 is 1. The molecule has 0 atom stereocenters. The molecule has 2 aromatic heterocycles. The van der Waals surface area contributed by atoms with Crippen molar-refractivity contribution in [2.24, 2.45) is 0 Å². The lowest BCUT2D eigenvalue weighted by Crippen LogP contribution is -2.03. The second kappa shape index (κ2) is 5.96. The molecule has 0 saturated heterocycles. The standard InChI is InChI=1S/C17H17N3O2S/c1-9-10(2)23-16-14(9)15(18-11(3)19-16)20-13-7-5-6-12(8-13)17(21)22-4/h5-8H,1-4H3,(H,18,19,20). The third-order valence-electron chi connectivity index (χ3n) is 3.69. The Bertz CT molecular complexity index is 902. The molecule has 6 heteroatoms. The van der Waals surface area contributed by atoms with E-state index in [-0.39, 0.29) is 5.97 Å². The van der Waals surface area contributed by atoms with E-state index in [1.54, 1.807) is 23.5 Å². The minimum Gasteiger partial charge on any atom is -0.465 e. The number of anilines is 2. The van der Waals surface area contributed by atoms with Crippen molar-refractivity contribution in [2.75, 3.05) is 12.4 Å². The average molecular weight is 327 g/mol. The molecule has 1 aromatic carbocycles. The maximum Gasteiger partial charge on any atom is 0.337 e. The maximum atomic E-state index is 11.7. The van der Waals surface area contributed by atoms with E-state index < -0.39 is 0 Å².